The molecule has 102 valence electrons. The van der Waals surface area contributed by atoms with E-state index in [9.17, 15) is 4.39 Å². The third-order valence-electron chi connectivity index (χ3n) is 3.39. The van der Waals surface area contributed by atoms with Gasteiger partial charge in [-0.1, -0.05) is 6.07 Å². The Bertz CT molecular complexity index is 712. The average molecular weight is 271 g/mol. The molecule has 0 bridgehead atoms. The highest BCUT2D eigenvalue weighted by atomic mass is 19.1. The Morgan fingerprint density at radius 2 is 2.15 bits per heavy atom. The van der Waals surface area contributed by atoms with Gasteiger partial charge in [-0.2, -0.15) is 0 Å². The number of hydrogen-bond acceptors (Lipinski definition) is 5. The fourth-order valence-corrected chi connectivity index (χ4v) is 2.24. The summed E-state index contributed by atoms with van der Waals surface area (Å²) in [5.74, 6) is -0.363. The molecule has 0 saturated heterocycles. The summed E-state index contributed by atoms with van der Waals surface area (Å²) < 4.78 is 14.1. The van der Waals surface area contributed by atoms with E-state index in [2.05, 4.69) is 15.0 Å². The largest absolute Gasteiger partial charge is 0.307 e. The summed E-state index contributed by atoms with van der Waals surface area (Å²) in [6, 6.07) is 6.80. The summed E-state index contributed by atoms with van der Waals surface area (Å²) in [5, 5.41) is 0.851. The van der Waals surface area contributed by atoms with Crippen molar-refractivity contribution in [2.45, 2.75) is 18.2 Å². The van der Waals surface area contributed by atoms with E-state index < -0.39 is 11.8 Å². The zero-order valence-electron chi connectivity index (χ0n) is 10.7. The molecule has 2 atom stereocenters. The Balaban J connectivity index is 2.00. The van der Waals surface area contributed by atoms with E-state index in [-0.39, 0.29) is 12.2 Å². The van der Waals surface area contributed by atoms with Gasteiger partial charge >= 0.3 is 0 Å². The second-order valence-corrected chi connectivity index (χ2v) is 4.83. The predicted molar refractivity (Wildman–Crippen MR) is 77.3 cm³/mol. The van der Waals surface area contributed by atoms with Crippen LogP contribution in [-0.4, -0.2) is 29.2 Å². The van der Waals surface area contributed by atoms with Gasteiger partial charge in [0.15, 0.2) is 0 Å². The van der Waals surface area contributed by atoms with Gasteiger partial charge in [0.2, 0.25) is 0 Å². The monoisotopic (exact) mass is 271 g/mol. The molecule has 1 aromatic carbocycles. The third-order valence-corrected chi connectivity index (χ3v) is 3.39. The van der Waals surface area contributed by atoms with E-state index in [0.717, 1.165) is 5.39 Å². The van der Waals surface area contributed by atoms with E-state index in [1.165, 1.54) is 18.5 Å². The minimum absolute atomic E-state index is 0.179. The van der Waals surface area contributed by atoms with E-state index in [1.807, 2.05) is 6.07 Å². The van der Waals surface area contributed by atoms with Gasteiger partial charge in [-0.3, -0.25) is 15.0 Å². The van der Waals surface area contributed by atoms with Crippen molar-refractivity contribution in [3.63, 3.8) is 0 Å². The third kappa shape index (κ3) is 2.19. The quantitative estimate of drug-likeness (QED) is 0.854. The molecule has 1 aliphatic rings. The van der Waals surface area contributed by atoms with Gasteiger partial charge in [0.1, 0.15) is 17.6 Å². The van der Waals surface area contributed by atoms with Gasteiger partial charge in [-0.15, -0.1) is 0 Å². The van der Waals surface area contributed by atoms with Crippen LogP contribution in [0.25, 0.3) is 10.9 Å². The molecular weight excluding hydrogens is 257 g/mol. The summed E-state index contributed by atoms with van der Waals surface area (Å²) >= 11 is 0. The smallest absolute Gasteiger partial charge is 0.147 e. The number of hydrogen-bond donors (Lipinski definition) is 2. The Hall–Kier alpha value is -2.18. The number of nitrogens with two attached hydrogens (primary N) is 2. The van der Waals surface area contributed by atoms with E-state index in [1.54, 1.807) is 18.3 Å². The fraction of sp³-hybridized carbons (Fsp3) is 0.214. The number of pyridine rings is 1. The average Bonchev–Trinajstić information content (AvgIpc) is 2.43. The van der Waals surface area contributed by atoms with Crippen molar-refractivity contribution in [1.29, 1.82) is 0 Å². The summed E-state index contributed by atoms with van der Waals surface area (Å²) in [6.45, 7) is 0. The molecule has 0 radical (unpaired) electrons. The van der Waals surface area contributed by atoms with E-state index in [0.29, 0.717) is 11.1 Å². The number of fused-ring (bicyclic) bond motifs is 1. The van der Waals surface area contributed by atoms with Crippen LogP contribution in [0.5, 0.6) is 0 Å². The first-order chi connectivity index (χ1) is 9.58. The Kier molecular flexibility index (Phi) is 3.04. The molecule has 0 fully saturated rings. The molecule has 3 rings (SSSR count). The van der Waals surface area contributed by atoms with Crippen molar-refractivity contribution in [1.82, 2.24) is 4.98 Å². The molecule has 0 saturated carbocycles. The minimum atomic E-state index is -1.12. The van der Waals surface area contributed by atoms with Crippen LogP contribution in [0, 0.1) is 5.82 Å². The van der Waals surface area contributed by atoms with Crippen LogP contribution in [0.15, 0.2) is 40.4 Å². The maximum Gasteiger partial charge on any atom is 0.147 e. The second kappa shape index (κ2) is 4.73. The zero-order valence-corrected chi connectivity index (χ0v) is 10.7. The number of halogens is 1. The Morgan fingerprint density at radius 3 is 2.95 bits per heavy atom. The molecule has 5 nitrogen and oxygen atoms in total. The molecule has 1 aliphatic heterocycles. The highest BCUT2D eigenvalue weighted by molar-refractivity contribution is 6.16. The zero-order chi connectivity index (χ0) is 14.2. The van der Waals surface area contributed by atoms with Crippen molar-refractivity contribution < 1.29 is 4.39 Å². The molecule has 0 spiro atoms. The van der Waals surface area contributed by atoms with Crippen molar-refractivity contribution in [3.8, 4) is 0 Å². The minimum Gasteiger partial charge on any atom is -0.307 e. The van der Waals surface area contributed by atoms with Crippen molar-refractivity contribution >= 4 is 23.3 Å². The number of rotatable bonds is 2. The highest BCUT2D eigenvalue weighted by Gasteiger charge is 2.33. The number of nitrogens with zero attached hydrogens (tertiary/aromatic N) is 3. The summed E-state index contributed by atoms with van der Waals surface area (Å²) in [7, 11) is 0. The van der Waals surface area contributed by atoms with E-state index in [4.69, 9.17) is 11.5 Å². The molecule has 2 unspecified atom stereocenters. The Morgan fingerprint density at radius 1 is 1.30 bits per heavy atom. The molecule has 2 heterocycles. The first-order valence-electron chi connectivity index (χ1n) is 6.23. The van der Waals surface area contributed by atoms with Gasteiger partial charge < -0.3 is 11.5 Å². The number of benzene rings is 1. The summed E-state index contributed by atoms with van der Waals surface area (Å²) in [5.41, 5.74) is 11.9. The van der Waals surface area contributed by atoms with Crippen LogP contribution in [0.4, 0.5) is 4.39 Å². The van der Waals surface area contributed by atoms with Crippen molar-refractivity contribution in [2.75, 3.05) is 0 Å². The molecular formula is C14H14FN5. The van der Waals surface area contributed by atoms with Crippen LogP contribution < -0.4 is 11.5 Å². The van der Waals surface area contributed by atoms with E-state index >= 15 is 0 Å². The van der Waals surface area contributed by atoms with Gasteiger partial charge in [0.25, 0.3) is 0 Å². The SMILES string of the molecule is NC1N=CC=NC1(N)Cc1cc2cccnc2cc1F. The molecule has 6 heteroatoms. The lowest BCUT2D eigenvalue weighted by Gasteiger charge is -2.30. The standard InChI is InChI=1S/C14H14FN5/c15-11-7-12-9(2-1-3-18-12)6-10(11)8-14(17)13(16)19-4-5-20-14/h1-7,13H,8,16-17H2. The number of aliphatic imine (C=N–C) groups is 2. The second-order valence-electron chi connectivity index (χ2n) is 4.83. The van der Waals surface area contributed by atoms with Crippen LogP contribution in [-0.2, 0) is 6.42 Å². The topological polar surface area (TPSA) is 89.6 Å². The highest BCUT2D eigenvalue weighted by Crippen LogP contribution is 2.23. The lowest BCUT2D eigenvalue weighted by Crippen LogP contribution is -2.56. The van der Waals surface area contributed by atoms with Crippen LogP contribution >= 0.6 is 0 Å². The van der Waals surface area contributed by atoms with Gasteiger partial charge in [0, 0.05) is 36.5 Å². The molecule has 1 aromatic heterocycles. The molecule has 0 aliphatic carbocycles. The first kappa shape index (κ1) is 12.8. The maximum absolute atomic E-state index is 14.1. The van der Waals surface area contributed by atoms with Crippen molar-refractivity contribution in [3.05, 3.63) is 41.8 Å². The maximum atomic E-state index is 14.1. The van der Waals surface area contributed by atoms with Gasteiger partial charge in [-0.05, 0) is 17.7 Å². The number of aromatic nitrogens is 1. The van der Waals surface area contributed by atoms with Crippen LogP contribution in [0.3, 0.4) is 0 Å². The van der Waals surface area contributed by atoms with Gasteiger partial charge in [0.05, 0.1) is 5.52 Å². The van der Waals surface area contributed by atoms with Crippen LogP contribution in [0.1, 0.15) is 5.56 Å². The molecule has 2 aromatic rings. The first-order valence-corrected chi connectivity index (χ1v) is 6.23. The van der Waals surface area contributed by atoms with Gasteiger partial charge in [-0.25, -0.2) is 4.39 Å². The molecule has 4 N–H and O–H groups in total. The Labute approximate surface area is 115 Å². The lowest BCUT2D eigenvalue weighted by atomic mass is 9.96. The normalized spacial score (nSPS) is 25.2. The molecule has 0 amide bonds. The summed E-state index contributed by atoms with van der Waals surface area (Å²) in [6.07, 6.45) is 4.11. The lowest BCUT2D eigenvalue weighted by molar-refractivity contribution is 0.358. The van der Waals surface area contributed by atoms with Crippen LogP contribution in [0.2, 0.25) is 0 Å². The fourth-order valence-electron chi connectivity index (χ4n) is 2.24. The summed E-state index contributed by atoms with van der Waals surface area (Å²) in [4.78, 5) is 12.3. The van der Waals surface area contributed by atoms with Crippen molar-refractivity contribution in [2.24, 2.45) is 21.5 Å². The predicted octanol–water partition coefficient (Wildman–Crippen LogP) is 1.01. The molecule has 20 heavy (non-hydrogen) atoms.